The first-order valence-corrected chi connectivity index (χ1v) is 5.68. The number of tetrazole rings is 1. The minimum absolute atomic E-state index is 0.238. The fourth-order valence-corrected chi connectivity index (χ4v) is 2.28. The van der Waals surface area contributed by atoms with Crippen molar-refractivity contribution in [3.63, 3.8) is 0 Å². The Bertz CT molecular complexity index is 583. The number of anilines is 1. The van der Waals surface area contributed by atoms with Crippen molar-refractivity contribution in [2.45, 2.75) is 18.9 Å². The molecule has 2 aromatic rings. The van der Waals surface area contributed by atoms with Crippen molar-refractivity contribution in [1.82, 2.24) is 25.0 Å². The summed E-state index contributed by atoms with van der Waals surface area (Å²) in [5.41, 5.74) is 0.558. The number of fused-ring (bicyclic) bond motifs is 1. The predicted molar refractivity (Wildman–Crippen MR) is 61.0 cm³/mol. The summed E-state index contributed by atoms with van der Waals surface area (Å²) < 4.78 is 6.40. The van der Waals surface area contributed by atoms with Crippen molar-refractivity contribution in [3.8, 4) is 0 Å². The Kier molecular flexibility index (Phi) is 2.54. The number of carbonyl (C=O) groups excluding carboxylic acids is 1. The second kappa shape index (κ2) is 4.21. The number of aromatic nitrogens is 5. The van der Waals surface area contributed by atoms with Gasteiger partial charge in [-0.1, -0.05) is 0 Å². The van der Waals surface area contributed by atoms with Gasteiger partial charge in [-0.3, -0.25) is 4.98 Å². The molecule has 3 rings (SSSR count). The summed E-state index contributed by atoms with van der Waals surface area (Å²) in [4.78, 5) is 17.8. The third kappa shape index (κ3) is 1.57. The Hall–Kier alpha value is -2.25. The largest absolute Gasteiger partial charge is 0.467 e. The Balaban J connectivity index is 2.03. The second-order valence-corrected chi connectivity index (χ2v) is 4.09. The number of hydrogen-bond acceptors (Lipinski definition) is 7. The molecule has 1 fully saturated rings. The molecule has 8 nitrogen and oxygen atoms in total. The van der Waals surface area contributed by atoms with E-state index in [1.165, 1.54) is 7.11 Å². The Labute approximate surface area is 103 Å². The highest BCUT2D eigenvalue weighted by Gasteiger charge is 2.33. The third-order valence-corrected chi connectivity index (χ3v) is 3.11. The molecule has 0 aromatic carbocycles. The molecule has 0 amide bonds. The van der Waals surface area contributed by atoms with E-state index < -0.39 is 0 Å². The van der Waals surface area contributed by atoms with E-state index in [2.05, 4.69) is 20.5 Å². The van der Waals surface area contributed by atoms with Crippen molar-refractivity contribution < 1.29 is 9.53 Å². The standard InChI is InChI=1S/C10H12N6O2/c1-18-10(17)7-3-2-4-15(7)9-6-11-5-8-12-13-14-16(8)9/h5-7H,2-4H2,1H3. The molecule has 1 aliphatic heterocycles. The molecule has 0 bridgehead atoms. The molecule has 0 radical (unpaired) electrons. The van der Waals surface area contributed by atoms with E-state index >= 15 is 0 Å². The highest BCUT2D eigenvalue weighted by molar-refractivity contribution is 5.80. The highest BCUT2D eigenvalue weighted by Crippen LogP contribution is 2.25. The zero-order valence-corrected chi connectivity index (χ0v) is 9.85. The van der Waals surface area contributed by atoms with Crippen LogP contribution in [0.3, 0.4) is 0 Å². The van der Waals surface area contributed by atoms with Crippen LogP contribution in [0.25, 0.3) is 5.65 Å². The zero-order valence-electron chi connectivity index (χ0n) is 9.85. The van der Waals surface area contributed by atoms with Crippen molar-refractivity contribution >= 4 is 17.4 Å². The maximum absolute atomic E-state index is 11.7. The lowest BCUT2D eigenvalue weighted by Crippen LogP contribution is -2.38. The Morgan fingerprint density at radius 2 is 2.39 bits per heavy atom. The molecule has 1 saturated heterocycles. The van der Waals surface area contributed by atoms with Gasteiger partial charge in [-0.15, -0.1) is 5.10 Å². The predicted octanol–water partition coefficient (Wildman–Crippen LogP) is -0.339. The fraction of sp³-hybridized carbons (Fsp3) is 0.500. The second-order valence-electron chi connectivity index (χ2n) is 4.09. The van der Waals surface area contributed by atoms with Gasteiger partial charge in [-0.25, -0.2) is 4.79 Å². The van der Waals surface area contributed by atoms with Crippen LogP contribution in [0.15, 0.2) is 12.4 Å². The molecular weight excluding hydrogens is 236 g/mol. The van der Waals surface area contributed by atoms with Crippen molar-refractivity contribution in [1.29, 1.82) is 0 Å². The Morgan fingerprint density at radius 1 is 1.50 bits per heavy atom. The van der Waals surface area contributed by atoms with E-state index in [1.807, 2.05) is 4.90 Å². The number of ether oxygens (including phenoxy) is 1. The lowest BCUT2D eigenvalue weighted by molar-refractivity contribution is -0.141. The average Bonchev–Trinajstić information content (AvgIpc) is 3.05. The minimum atomic E-state index is -0.286. The summed E-state index contributed by atoms with van der Waals surface area (Å²) in [6.45, 7) is 0.764. The quantitative estimate of drug-likeness (QED) is 0.672. The van der Waals surface area contributed by atoms with Gasteiger partial charge in [0.15, 0.2) is 11.5 Å². The lowest BCUT2D eigenvalue weighted by atomic mass is 10.2. The number of methoxy groups -OCH3 is 1. The van der Waals surface area contributed by atoms with Gasteiger partial charge in [-0.05, 0) is 23.3 Å². The molecule has 3 heterocycles. The lowest BCUT2D eigenvalue weighted by Gasteiger charge is -2.23. The molecule has 2 aromatic heterocycles. The van der Waals surface area contributed by atoms with E-state index in [0.717, 1.165) is 19.4 Å². The molecule has 8 heteroatoms. The zero-order chi connectivity index (χ0) is 12.5. The van der Waals surface area contributed by atoms with Crippen LogP contribution in [0, 0.1) is 0 Å². The first-order chi connectivity index (χ1) is 8.81. The molecule has 1 unspecified atom stereocenters. The van der Waals surface area contributed by atoms with E-state index in [9.17, 15) is 4.79 Å². The van der Waals surface area contributed by atoms with Crippen LogP contribution in [0.5, 0.6) is 0 Å². The van der Waals surface area contributed by atoms with Gasteiger partial charge in [0.1, 0.15) is 6.04 Å². The number of carbonyl (C=O) groups is 1. The number of nitrogens with zero attached hydrogens (tertiary/aromatic N) is 6. The molecule has 94 valence electrons. The van der Waals surface area contributed by atoms with Crippen LogP contribution < -0.4 is 4.90 Å². The van der Waals surface area contributed by atoms with E-state index in [0.29, 0.717) is 11.5 Å². The number of hydrogen-bond donors (Lipinski definition) is 0. The van der Waals surface area contributed by atoms with Crippen LogP contribution in [-0.2, 0) is 9.53 Å². The van der Waals surface area contributed by atoms with E-state index in [1.54, 1.807) is 16.9 Å². The molecule has 0 saturated carbocycles. The molecule has 0 N–H and O–H groups in total. The van der Waals surface area contributed by atoms with E-state index in [-0.39, 0.29) is 12.0 Å². The van der Waals surface area contributed by atoms with Gasteiger partial charge in [0.25, 0.3) is 0 Å². The number of esters is 1. The van der Waals surface area contributed by atoms with Gasteiger partial charge in [0, 0.05) is 6.54 Å². The van der Waals surface area contributed by atoms with Gasteiger partial charge in [0.2, 0.25) is 0 Å². The van der Waals surface area contributed by atoms with Gasteiger partial charge in [0.05, 0.1) is 19.5 Å². The monoisotopic (exact) mass is 248 g/mol. The summed E-state index contributed by atoms with van der Waals surface area (Å²) >= 11 is 0. The molecule has 18 heavy (non-hydrogen) atoms. The molecule has 1 atom stereocenters. The van der Waals surface area contributed by atoms with E-state index in [4.69, 9.17) is 4.74 Å². The van der Waals surface area contributed by atoms with Crippen LogP contribution in [0.2, 0.25) is 0 Å². The molecular formula is C10H12N6O2. The van der Waals surface area contributed by atoms with Gasteiger partial charge in [-0.2, -0.15) is 4.52 Å². The van der Waals surface area contributed by atoms with Gasteiger partial charge >= 0.3 is 5.97 Å². The molecule has 0 spiro atoms. The number of rotatable bonds is 2. The fourth-order valence-electron chi connectivity index (χ4n) is 2.28. The maximum Gasteiger partial charge on any atom is 0.328 e. The topological polar surface area (TPSA) is 85.5 Å². The smallest absolute Gasteiger partial charge is 0.328 e. The summed E-state index contributed by atoms with van der Waals surface area (Å²) in [5.74, 6) is 0.475. The SMILES string of the molecule is COC(=O)C1CCCN1c1cncc2nnnn12. The van der Waals surface area contributed by atoms with Gasteiger partial charge < -0.3 is 9.64 Å². The molecule has 1 aliphatic rings. The summed E-state index contributed by atoms with van der Waals surface area (Å²) in [6.07, 6.45) is 4.93. The maximum atomic E-state index is 11.7. The average molecular weight is 248 g/mol. The van der Waals surface area contributed by atoms with Crippen LogP contribution in [0.1, 0.15) is 12.8 Å². The third-order valence-electron chi connectivity index (χ3n) is 3.11. The Morgan fingerprint density at radius 3 is 3.22 bits per heavy atom. The van der Waals surface area contributed by atoms with Crippen LogP contribution >= 0.6 is 0 Å². The van der Waals surface area contributed by atoms with Crippen LogP contribution in [-0.4, -0.2) is 50.7 Å². The van der Waals surface area contributed by atoms with Crippen molar-refractivity contribution in [2.75, 3.05) is 18.6 Å². The normalized spacial score (nSPS) is 19.4. The van der Waals surface area contributed by atoms with Crippen molar-refractivity contribution in [2.24, 2.45) is 0 Å². The molecule has 0 aliphatic carbocycles. The first kappa shape index (κ1) is 10.9. The minimum Gasteiger partial charge on any atom is -0.467 e. The summed E-state index contributed by atoms with van der Waals surface area (Å²) in [7, 11) is 1.40. The van der Waals surface area contributed by atoms with Crippen LogP contribution in [0.4, 0.5) is 5.82 Å². The summed E-state index contributed by atoms with van der Waals surface area (Å²) in [6, 6.07) is -0.286. The highest BCUT2D eigenvalue weighted by atomic mass is 16.5. The van der Waals surface area contributed by atoms with Crippen molar-refractivity contribution in [3.05, 3.63) is 12.4 Å². The first-order valence-electron chi connectivity index (χ1n) is 5.68. The summed E-state index contributed by atoms with van der Waals surface area (Å²) in [5, 5.41) is 11.3.